The van der Waals surface area contributed by atoms with Crippen molar-refractivity contribution < 1.29 is 14.3 Å². The highest BCUT2D eigenvalue weighted by Gasteiger charge is 2.33. The summed E-state index contributed by atoms with van der Waals surface area (Å²) < 4.78 is 10.5. The van der Waals surface area contributed by atoms with Crippen molar-refractivity contribution in [3.05, 3.63) is 24.3 Å². The van der Waals surface area contributed by atoms with Crippen LogP contribution in [0.3, 0.4) is 0 Å². The molecule has 4 nitrogen and oxygen atoms in total. The van der Waals surface area contributed by atoms with Gasteiger partial charge in [0.2, 0.25) is 0 Å². The van der Waals surface area contributed by atoms with Gasteiger partial charge in [-0.25, -0.2) is 0 Å². The first-order chi connectivity index (χ1) is 8.91. The second-order valence-corrected chi connectivity index (χ2v) is 5.22. The van der Waals surface area contributed by atoms with Gasteiger partial charge >= 0.3 is 0 Å². The molecule has 106 valence electrons. The van der Waals surface area contributed by atoms with Crippen LogP contribution in [0.5, 0.6) is 5.75 Å². The zero-order valence-electron chi connectivity index (χ0n) is 12.3. The molecule has 1 amide bonds. The van der Waals surface area contributed by atoms with Crippen LogP contribution in [0.4, 0.5) is 5.69 Å². The number of benzene rings is 1. The van der Waals surface area contributed by atoms with Gasteiger partial charge in [0.05, 0.1) is 7.11 Å². The van der Waals surface area contributed by atoms with Crippen molar-refractivity contribution >= 4 is 11.6 Å². The Kier molecular flexibility index (Phi) is 5.36. The molecule has 0 spiro atoms. The van der Waals surface area contributed by atoms with Gasteiger partial charge in [-0.15, -0.1) is 0 Å². The van der Waals surface area contributed by atoms with Crippen LogP contribution in [-0.2, 0) is 9.53 Å². The molecule has 1 aromatic rings. The van der Waals surface area contributed by atoms with Crippen molar-refractivity contribution in [2.45, 2.75) is 32.8 Å². The average Bonchev–Trinajstić information content (AvgIpc) is 2.38. The van der Waals surface area contributed by atoms with Gasteiger partial charge in [0.25, 0.3) is 5.91 Å². The van der Waals surface area contributed by atoms with E-state index in [1.54, 1.807) is 14.2 Å². The van der Waals surface area contributed by atoms with Crippen LogP contribution in [0.1, 0.15) is 27.2 Å². The maximum atomic E-state index is 12.3. The Bertz CT molecular complexity index is 414. The van der Waals surface area contributed by atoms with Crippen molar-refractivity contribution in [3.8, 4) is 5.75 Å². The molecule has 1 atom stereocenters. The number of methoxy groups -OCH3 is 2. The smallest absolute Gasteiger partial charge is 0.256 e. The maximum Gasteiger partial charge on any atom is 0.256 e. The first kappa shape index (κ1) is 15.5. The minimum atomic E-state index is -0.811. The molecule has 0 bridgehead atoms. The monoisotopic (exact) mass is 265 g/mol. The highest BCUT2D eigenvalue weighted by atomic mass is 16.5. The topological polar surface area (TPSA) is 47.6 Å². The molecule has 0 saturated heterocycles. The zero-order chi connectivity index (χ0) is 14.5. The number of rotatable bonds is 6. The fourth-order valence-electron chi connectivity index (χ4n) is 1.99. The van der Waals surface area contributed by atoms with E-state index in [2.05, 4.69) is 19.2 Å². The van der Waals surface area contributed by atoms with Crippen LogP contribution in [-0.4, -0.2) is 25.7 Å². The summed E-state index contributed by atoms with van der Waals surface area (Å²) in [6.45, 7) is 5.95. The van der Waals surface area contributed by atoms with E-state index in [0.29, 0.717) is 12.3 Å². The summed E-state index contributed by atoms with van der Waals surface area (Å²) in [7, 11) is 3.17. The fraction of sp³-hybridized carbons (Fsp3) is 0.533. The summed E-state index contributed by atoms with van der Waals surface area (Å²) in [6.07, 6.45) is 0.672. The highest BCUT2D eigenvalue weighted by Crippen LogP contribution is 2.23. The van der Waals surface area contributed by atoms with E-state index < -0.39 is 5.60 Å². The van der Waals surface area contributed by atoms with Gasteiger partial charge in [-0.05, 0) is 43.5 Å². The molecule has 1 unspecified atom stereocenters. The van der Waals surface area contributed by atoms with E-state index in [4.69, 9.17) is 9.47 Å². The predicted molar refractivity (Wildman–Crippen MR) is 76.5 cm³/mol. The molecule has 1 N–H and O–H groups in total. The minimum Gasteiger partial charge on any atom is -0.497 e. The number of hydrogen-bond donors (Lipinski definition) is 1. The molecule has 0 aromatic heterocycles. The SMILES string of the molecule is COc1ccc(NC(=O)C(C)(CC(C)C)OC)cc1. The van der Waals surface area contributed by atoms with E-state index in [1.165, 1.54) is 0 Å². The molecule has 0 aliphatic heterocycles. The summed E-state index contributed by atoms with van der Waals surface area (Å²) in [5, 5.41) is 2.87. The quantitative estimate of drug-likeness (QED) is 0.859. The molecule has 0 aliphatic carbocycles. The van der Waals surface area contributed by atoms with Gasteiger partial charge in [0.1, 0.15) is 11.4 Å². The maximum absolute atomic E-state index is 12.3. The summed E-state index contributed by atoms with van der Waals surface area (Å²) in [5.41, 5.74) is -0.0773. The number of carbonyl (C=O) groups excluding carboxylic acids is 1. The second-order valence-electron chi connectivity index (χ2n) is 5.22. The van der Waals surface area contributed by atoms with Crippen molar-refractivity contribution in [1.82, 2.24) is 0 Å². The summed E-state index contributed by atoms with van der Waals surface area (Å²) >= 11 is 0. The van der Waals surface area contributed by atoms with Crippen LogP contribution in [0.15, 0.2) is 24.3 Å². The molecular formula is C15H23NO3. The van der Waals surface area contributed by atoms with Crippen LogP contribution < -0.4 is 10.1 Å². The normalized spacial score (nSPS) is 14.0. The fourth-order valence-corrected chi connectivity index (χ4v) is 1.99. The Morgan fingerprint density at radius 2 is 1.84 bits per heavy atom. The zero-order valence-corrected chi connectivity index (χ0v) is 12.3. The lowest BCUT2D eigenvalue weighted by Gasteiger charge is -2.28. The lowest BCUT2D eigenvalue weighted by atomic mass is 9.93. The Morgan fingerprint density at radius 3 is 2.26 bits per heavy atom. The van der Waals surface area contributed by atoms with Crippen molar-refractivity contribution in [3.63, 3.8) is 0 Å². The van der Waals surface area contributed by atoms with Crippen LogP contribution in [0.25, 0.3) is 0 Å². The van der Waals surface area contributed by atoms with Crippen molar-refractivity contribution in [2.75, 3.05) is 19.5 Å². The average molecular weight is 265 g/mol. The summed E-state index contributed by atoms with van der Waals surface area (Å²) in [6, 6.07) is 7.23. The molecule has 0 aliphatic rings. The molecule has 4 heteroatoms. The number of hydrogen-bond acceptors (Lipinski definition) is 3. The van der Waals surface area contributed by atoms with Crippen molar-refractivity contribution in [2.24, 2.45) is 5.92 Å². The van der Waals surface area contributed by atoms with E-state index in [1.807, 2.05) is 31.2 Å². The third kappa shape index (κ3) is 4.24. The van der Waals surface area contributed by atoms with Crippen LogP contribution in [0, 0.1) is 5.92 Å². The lowest BCUT2D eigenvalue weighted by Crippen LogP contribution is -2.43. The standard InChI is InChI=1S/C15H23NO3/c1-11(2)10-15(3,19-5)14(17)16-12-6-8-13(18-4)9-7-12/h6-9,11H,10H2,1-5H3,(H,16,17). The van der Waals surface area contributed by atoms with Crippen LogP contribution in [0.2, 0.25) is 0 Å². The van der Waals surface area contributed by atoms with Crippen LogP contribution >= 0.6 is 0 Å². The van der Waals surface area contributed by atoms with Gasteiger partial charge in [0.15, 0.2) is 0 Å². The Hall–Kier alpha value is -1.55. The first-order valence-electron chi connectivity index (χ1n) is 6.42. The number of ether oxygens (including phenoxy) is 2. The number of nitrogens with one attached hydrogen (secondary N) is 1. The Labute approximate surface area is 115 Å². The number of amides is 1. The minimum absolute atomic E-state index is 0.131. The van der Waals surface area contributed by atoms with E-state index >= 15 is 0 Å². The van der Waals surface area contributed by atoms with Gasteiger partial charge in [0, 0.05) is 12.8 Å². The molecule has 1 rings (SSSR count). The summed E-state index contributed by atoms with van der Waals surface area (Å²) in [4.78, 5) is 12.3. The lowest BCUT2D eigenvalue weighted by molar-refractivity contribution is -0.137. The van der Waals surface area contributed by atoms with Gasteiger partial charge in [-0.1, -0.05) is 13.8 Å². The van der Waals surface area contributed by atoms with E-state index in [0.717, 1.165) is 11.4 Å². The third-order valence-electron chi connectivity index (χ3n) is 3.08. The second kappa shape index (κ2) is 6.57. The number of carbonyl (C=O) groups is 1. The molecule has 0 saturated carbocycles. The first-order valence-corrected chi connectivity index (χ1v) is 6.42. The molecule has 0 radical (unpaired) electrons. The largest absolute Gasteiger partial charge is 0.497 e. The summed E-state index contributed by atoms with van der Waals surface area (Å²) in [5.74, 6) is 1.01. The van der Waals surface area contributed by atoms with Gasteiger partial charge < -0.3 is 14.8 Å². The number of anilines is 1. The molecule has 19 heavy (non-hydrogen) atoms. The predicted octanol–water partition coefficient (Wildman–Crippen LogP) is 3.08. The Balaban J connectivity index is 2.75. The Morgan fingerprint density at radius 1 is 1.26 bits per heavy atom. The molecule has 1 aromatic carbocycles. The molecular weight excluding hydrogens is 242 g/mol. The van der Waals surface area contributed by atoms with Gasteiger partial charge in [-0.3, -0.25) is 4.79 Å². The molecule has 0 fully saturated rings. The highest BCUT2D eigenvalue weighted by molar-refractivity contribution is 5.97. The third-order valence-corrected chi connectivity index (χ3v) is 3.08. The van der Waals surface area contributed by atoms with Gasteiger partial charge in [-0.2, -0.15) is 0 Å². The van der Waals surface area contributed by atoms with Crippen molar-refractivity contribution in [1.29, 1.82) is 0 Å². The molecule has 0 heterocycles. The van der Waals surface area contributed by atoms with E-state index in [-0.39, 0.29) is 5.91 Å². The van der Waals surface area contributed by atoms with E-state index in [9.17, 15) is 4.79 Å².